The van der Waals surface area contributed by atoms with E-state index >= 15 is 0 Å². The number of halogens is 2. The Hall–Kier alpha value is -1.19. The van der Waals surface area contributed by atoms with Crippen LogP contribution in [-0.4, -0.2) is 4.98 Å². The van der Waals surface area contributed by atoms with Crippen LogP contribution in [0.1, 0.15) is 0 Å². The summed E-state index contributed by atoms with van der Waals surface area (Å²) in [5, 5.41) is 4.70. The molecule has 0 aliphatic carbocycles. The van der Waals surface area contributed by atoms with Gasteiger partial charge in [-0.05, 0) is 17.3 Å². The normalized spacial score (nSPS) is 10.4. The molecule has 1 aromatic heterocycles. The second-order valence-electron chi connectivity index (χ2n) is 2.70. The number of pyridine rings is 1. The predicted octanol–water partition coefficient (Wildman–Crippen LogP) is 3.94. The van der Waals surface area contributed by atoms with Crippen LogP contribution in [0, 0.1) is 4.91 Å². The van der Waals surface area contributed by atoms with Gasteiger partial charge in [-0.2, -0.15) is 0 Å². The largest absolute Gasteiger partial charge is 0.224 e. The molecule has 1 heterocycles. The third-order valence-electron chi connectivity index (χ3n) is 1.87. The van der Waals surface area contributed by atoms with Crippen molar-refractivity contribution in [2.45, 2.75) is 0 Å². The smallest absolute Gasteiger partial charge is 0.138 e. The third-order valence-corrected chi connectivity index (χ3v) is 2.35. The van der Waals surface area contributed by atoms with Crippen molar-refractivity contribution in [3.63, 3.8) is 0 Å². The van der Waals surface area contributed by atoms with Crippen molar-refractivity contribution in [3.8, 4) is 0 Å². The molecular weight excluding hydrogens is 223 g/mol. The van der Waals surface area contributed by atoms with E-state index in [9.17, 15) is 4.91 Å². The first-order valence-corrected chi connectivity index (χ1v) is 4.56. The van der Waals surface area contributed by atoms with Gasteiger partial charge in [-0.3, -0.25) is 0 Å². The first-order chi connectivity index (χ1) is 6.72. The van der Waals surface area contributed by atoms with Crippen molar-refractivity contribution in [2.75, 3.05) is 0 Å². The summed E-state index contributed by atoms with van der Waals surface area (Å²) in [5.41, 5.74) is 0.314. The fourth-order valence-electron chi connectivity index (χ4n) is 1.27. The molecule has 0 saturated heterocycles. The van der Waals surface area contributed by atoms with Crippen molar-refractivity contribution < 1.29 is 0 Å². The van der Waals surface area contributed by atoms with Crippen LogP contribution in [-0.2, 0) is 0 Å². The highest BCUT2D eigenvalue weighted by Crippen LogP contribution is 2.31. The molecule has 0 bridgehead atoms. The second-order valence-corrected chi connectivity index (χ2v) is 3.44. The van der Waals surface area contributed by atoms with E-state index in [1.54, 1.807) is 24.3 Å². The fraction of sp³-hybridized carbons (Fsp3) is 0. The van der Waals surface area contributed by atoms with Crippen molar-refractivity contribution in [1.82, 2.24) is 4.98 Å². The Morgan fingerprint density at radius 2 is 2.00 bits per heavy atom. The zero-order valence-electron chi connectivity index (χ0n) is 6.87. The van der Waals surface area contributed by atoms with Crippen LogP contribution < -0.4 is 0 Å². The van der Waals surface area contributed by atoms with E-state index < -0.39 is 0 Å². The first-order valence-electron chi connectivity index (χ1n) is 3.80. The molecule has 0 aliphatic heterocycles. The van der Waals surface area contributed by atoms with Gasteiger partial charge in [-0.1, -0.05) is 35.3 Å². The highest BCUT2D eigenvalue weighted by molar-refractivity contribution is 6.36. The summed E-state index contributed by atoms with van der Waals surface area (Å²) in [6.07, 6.45) is 0. The average molecular weight is 227 g/mol. The monoisotopic (exact) mass is 226 g/mol. The molecule has 5 heteroatoms. The van der Waals surface area contributed by atoms with E-state index in [-0.39, 0.29) is 10.3 Å². The lowest BCUT2D eigenvalue weighted by atomic mass is 10.1. The molecule has 1 aromatic carbocycles. The molecule has 0 radical (unpaired) electrons. The van der Waals surface area contributed by atoms with Crippen LogP contribution in [0.25, 0.3) is 10.8 Å². The fourth-order valence-corrected chi connectivity index (χ4v) is 1.76. The van der Waals surface area contributed by atoms with E-state index in [2.05, 4.69) is 10.2 Å². The number of hydrogen-bond acceptors (Lipinski definition) is 3. The molecule has 0 atom stereocenters. The van der Waals surface area contributed by atoms with Crippen molar-refractivity contribution in [3.05, 3.63) is 39.5 Å². The molecule has 0 fully saturated rings. The van der Waals surface area contributed by atoms with Crippen molar-refractivity contribution in [1.29, 1.82) is 0 Å². The second kappa shape index (κ2) is 3.52. The third kappa shape index (κ3) is 1.45. The van der Waals surface area contributed by atoms with Gasteiger partial charge < -0.3 is 0 Å². The molecular formula is C9H4Cl2N2O. The topological polar surface area (TPSA) is 42.3 Å². The predicted molar refractivity (Wildman–Crippen MR) is 57.2 cm³/mol. The van der Waals surface area contributed by atoms with E-state index in [0.717, 1.165) is 0 Å². The molecule has 0 N–H and O–H groups in total. The average Bonchev–Trinajstić information content (AvgIpc) is 2.17. The molecule has 0 aliphatic rings. The maximum atomic E-state index is 10.5. The number of rotatable bonds is 1. The highest BCUT2D eigenvalue weighted by atomic mass is 35.5. The van der Waals surface area contributed by atoms with Crippen molar-refractivity contribution in [2.24, 2.45) is 5.18 Å². The molecule has 70 valence electrons. The summed E-state index contributed by atoms with van der Waals surface area (Å²) in [4.78, 5) is 14.4. The van der Waals surface area contributed by atoms with Gasteiger partial charge in [-0.15, -0.1) is 4.91 Å². The van der Waals surface area contributed by atoms with Crippen LogP contribution in [0.15, 0.2) is 29.4 Å². The van der Waals surface area contributed by atoms with Crippen LogP contribution in [0.4, 0.5) is 5.69 Å². The highest BCUT2D eigenvalue weighted by Gasteiger charge is 2.06. The molecule has 0 unspecified atom stereocenters. The maximum absolute atomic E-state index is 10.5. The molecule has 2 rings (SSSR count). The molecule has 2 aromatic rings. The number of fused-ring (bicyclic) bond motifs is 1. The lowest BCUT2D eigenvalue weighted by Crippen LogP contribution is -1.81. The quantitative estimate of drug-likeness (QED) is 0.546. The maximum Gasteiger partial charge on any atom is 0.138 e. The zero-order valence-corrected chi connectivity index (χ0v) is 8.38. The van der Waals surface area contributed by atoms with Crippen LogP contribution in [0.3, 0.4) is 0 Å². The Morgan fingerprint density at radius 3 is 2.71 bits per heavy atom. The Kier molecular flexibility index (Phi) is 2.35. The minimum absolute atomic E-state index is 0.249. The Balaban J connectivity index is 2.93. The summed E-state index contributed by atoms with van der Waals surface area (Å²) in [6.45, 7) is 0. The number of nitrogens with zero attached hydrogens (tertiary/aromatic N) is 2. The SMILES string of the molecule is O=Nc1cccc2c(Cl)nc(Cl)cc12. The molecule has 3 nitrogen and oxygen atoms in total. The van der Waals surface area contributed by atoms with Crippen molar-refractivity contribution >= 4 is 39.7 Å². The van der Waals surface area contributed by atoms with Crippen LogP contribution in [0.2, 0.25) is 10.3 Å². The lowest BCUT2D eigenvalue weighted by molar-refractivity contribution is 1.36. The summed E-state index contributed by atoms with van der Waals surface area (Å²) in [7, 11) is 0. The first kappa shape index (κ1) is 9.37. The zero-order chi connectivity index (χ0) is 10.1. The van der Waals surface area contributed by atoms with Gasteiger partial charge in [0.05, 0.1) is 0 Å². The van der Waals surface area contributed by atoms with Gasteiger partial charge in [0, 0.05) is 10.8 Å². The van der Waals surface area contributed by atoms with Gasteiger partial charge in [0.1, 0.15) is 16.0 Å². The van der Waals surface area contributed by atoms with Gasteiger partial charge >= 0.3 is 0 Å². The number of nitroso groups, excluding NO2 is 1. The van der Waals surface area contributed by atoms with E-state index in [4.69, 9.17) is 23.2 Å². The minimum atomic E-state index is 0.249. The standard InChI is InChI=1S/C9H4Cl2N2O/c10-8-4-6-5(9(11)12-8)2-1-3-7(6)13-14/h1-4H. The number of aromatic nitrogens is 1. The van der Waals surface area contributed by atoms with Crippen LogP contribution >= 0.6 is 23.2 Å². The van der Waals surface area contributed by atoms with Crippen LogP contribution in [0.5, 0.6) is 0 Å². The van der Waals surface area contributed by atoms with E-state index in [1.165, 1.54) is 0 Å². The lowest BCUT2D eigenvalue weighted by Gasteiger charge is -2.01. The van der Waals surface area contributed by atoms with Gasteiger partial charge in [-0.25, -0.2) is 4.98 Å². The summed E-state index contributed by atoms with van der Waals surface area (Å²) >= 11 is 11.6. The minimum Gasteiger partial charge on any atom is -0.224 e. The summed E-state index contributed by atoms with van der Waals surface area (Å²) < 4.78 is 0. The van der Waals surface area contributed by atoms with E-state index in [1.807, 2.05) is 0 Å². The summed E-state index contributed by atoms with van der Waals surface area (Å²) in [6, 6.07) is 6.62. The molecule has 0 amide bonds. The Labute approximate surface area is 89.6 Å². The van der Waals surface area contributed by atoms with E-state index in [0.29, 0.717) is 16.5 Å². The Bertz CT molecular complexity index is 513. The summed E-state index contributed by atoms with van der Waals surface area (Å²) in [5.74, 6) is 0. The van der Waals surface area contributed by atoms with Gasteiger partial charge in [0.2, 0.25) is 0 Å². The Morgan fingerprint density at radius 1 is 1.21 bits per heavy atom. The van der Waals surface area contributed by atoms with Gasteiger partial charge in [0.15, 0.2) is 0 Å². The molecule has 14 heavy (non-hydrogen) atoms. The van der Waals surface area contributed by atoms with Gasteiger partial charge in [0.25, 0.3) is 0 Å². The number of hydrogen-bond donors (Lipinski definition) is 0. The molecule has 0 saturated carbocycles. The number of benzene rings is 1. The molecule has 0 spiro atoms.